The van der Waals surface area contributed by atoms with E-state index in [1.54, 1.807) is 0 Å². The summed E-state index contributed by atoms with van der Waals surface area (Å²) in [6.45, 7) is 4.99. The van der Waals surface area contributed by atoms with Crippen molar-refractivity contribution in [2.75, 3.05) is 5.75 Å². The molecule has 7 heteroatoms. The Kier molecular flexibility index (Phi) is 6.02. The minimum Gasteiger partial charge on any atom is -0.349 e. The Morgan fingerprint density at radius 1 is 1.32 bits per heavy atom. The summed E-state index contributed by atoms with van der Waals surface area (Å²) in [6.07, 6.45) is 3.22. The number of thioether (sulfide) groups is 1. The standard InChI is InChI=1S/C18H23ClN4OS/c1-3-15(12-7-9-14(19)10-8-12)20-16(24)11-25-18-22-21-17(13-5-6-13)23(18)4-2/h7-10,13,15H,3-6,11H2,1-2H3,(H,20,24). The molecule has 25 heavy (non-hydrogen) atoms. The first kappa shape index (κ1) is 18.3. The zero-order valence-corrected chi connectivity index (χ0v) is 16.1. The Morgan fingerprint density at radius 3 is 2.64 bits per heavy atom. The number of benzene rings is 1. The fraction of sp³-hybridized carbons (Fsp3) is 0.500. The van der Waals surface area contributed by atoms with Gasteiger partial charge in [-0.15, -0.1) is 10.2 Å². The van der Waals surface area contributed by atoms with Crippen molar-refractivity contribution in [2.24, 2.45) is 0 Å². The molecule has 1 amide bonds. The fourth-order valence-electron chi connectivity index (χ4n) is 2.83. The number of carbonyl (C=O) groups excluding carboxylic acids is 1. The Balaban J connectivity index is 1.58. The van der Waals surface area contributed by atoms with Crippen molar-refractivity contribution in [3.8, 4) is 0 Å². The van der Waals surface area contributed by atoms with Crippen LogP contribution in [0.1, 0.15) is 56.5 Å². The van der Waals surface area contributed by atoms with Crippen LogP contribution >= 0.6 is 23.4 Å². The number of aromatic nitrogens is 3. The van der Waals surface area contributed by atoms with Crippen LogP contribution in [0.5, 0.6) is 0 Å². The van der Waals surface area contributed by atoms with Gasteiger partial charge in [0, 0.05) is 17.5 Å². The summed E-state index contributed by atoms with van der Waals surface area (Å²) in [7, 11) is 0. The molecule has 3 rings (SSSR count). The molecular weight excluding hydrogens is 356 g/mol. The quantitative estimate of drug-likeness (QED) is 0.700. The molecule has 1 saturated carbocycles. The van der Waals surface area contributed by atoms with Crippen molar-refractivity contribution in [2.45, 2.75) is 56.8 Å². The molecule has 1 heterocycles. The maximum Gasteiger partial charge on any atom is 0.230 e. The predicted octanol–water partition coefficient (Wildman–Crippen LogP) is 4.19. The van der Waals surface area contributed by atoms with Gasteiger partial charge in [0.1, 0.15) is 5.82 Å². The zero-order chi connectivity index (χ0) is 17.8. The number of amides is 1. The third-order valence-corrected chi connectivity index (χ3v) is 5.57. The van der Waals surface area contributed by atoms with Gasteiger partial charge >= 0.3 is 0 Å². The summed E-state index contributed by atoms with van der Waals surface area (Å²) < 4.78 is 2.13. The lowest BCUT2D eigenvalue weighted by molar-refractivity contribution is -0.119. The maximum atomic E-state index is 12.4. The van der Waals surface area contributed by atoms with Crippen LogP contribution in [-0.4, -0.2) is 26.4 Å². The lowest BCUT2D eigenvalue weighted by atomic mass is 10.0. The highest BCUT2D eigenvalue weighted by Gasteiger charge is 2.30. The van der Waals surface area contributed by atoms with Crippen LogP contribution in [-0.2, 0) is 11.3 Å². The molecule has 1 fully saturated rings. The summed E-state index contributed by atoms with van der Waals surface area (Å²) >= 11 is 7.39. The van der Waals surface area contributed by atoms with Gasteiger partial charge in [-0.2, -0.15) is 0 Å². The molecular formula is C18H23ClN4OS. The monoisotopic (exact) mass is 378 g/mol. The van der Waals surface area contributed by atoms with E-state index >= 15 is 0 Å². The molecule has 0 aliphatic heterocycles. The minimum absolute atomic E-state index is 0.00330. The number of nitrogens with zero attached hydrogens (tertiary/aromatic N) is 3. The molecule has 1 aromatic carbocycles. The lowest BCUT2D eigenvalue weighted by Crippen LogP contribution is -2.29. The third kappa shape index (κ3) is 4.55. The van der Waals surface area contributed by atoms with E-state index in [9.17, 15) is 4.79 Å². The Labute approximate surface area is 157 Å². The smallest absolute Gasteiger partial charge is 0.230 e. The van der Waals surface area contributed by atoms with Gasteiger partial charge in [-0.25, -0.2) is 0 Å². The Hall–Kier alpha value is -1.53. The van der Waals surface area contributed by atoms with Crippen LogP contribution in [0.25, 0.3) is 0 Å². The van der Waals surface area contributed by atoms with E-state index in [0.29, 0.717) is 16.7 Å². The summed E-state index contributed by atoms with van der Waals surface area (Å²) in [5.41, 5.74) is 1.07. The van der Waals surface area contributed by atoms with Crippen molar-refractivity contribution < 1.29 is 4.79 Å². The summed E-state index contributed by atoms with van der Waals surface area (Å²) in [5.74, 6) is 1.97. The first-order valence-corrected chi connectivity index (χ1v) is 10.1. The molecule has 2 aromatic rings. The highest BCUT2D eigenvalue weighted by atomic mass is 35.5. The molecule has 1 unspecified atom stereocenters. The summed E-state index contributed by atoms with van der Waals surface area (Å²) in [6, 6.07) is 7.61. The highest BCUT2D eigenvalue weighted by Crippen LogP contribution is 2.39. The van der Waals surface area contributed by atoms with Crippen molar-refractivity contribution >= 4 is 29.3 Å². The molecule has 1 aliphatic carbocycles. The van der Waals surface area contributed by atoms with Crippen LogP contribution in [0.3, 0.4) is 0 Å². The van der Waals surface area contributed by atoms with Gasteiger partial charge in [-0.05, 0) is 43.9 Å². The largest absolute Gasteiger partial charge is 0.349 e. The van der Waals surface area contributed by atoms with Crippen LogP contribution in [0, 0.1) is 0 Å². The first-order chi connectivity index (χ1) is 12.1. The summed E-state index contributed by atoms with van der Waals surface area (Å²) in [4.78, 5) is 12.4. The van der Waals surface area contributed by atoms with Gasteiger partial charge in [-0.3, -0.25) is 4.79 Å². The first-order valence-electron chi connectivity index (χ1n) is 8.73. The number of hydrogen-bond donors (Lipinski definition) is 1. The van der Waals surface area contributed by atoms with E-state index in [1.165, 1.54) is 24.6 Å². The van der Waals surface area contributed by atoms with Crippen molar-refractivity contribution in [1.29, 1.82) is 0 Å². The molecule has 0 saturated heterocycles. The average molecular weight is 379 g/mol. The zero-order valence-electron chi connectivity index (χ0n) is 14.5. The molecule has 5 nitrogen and oxygen atoms in total. The highest BCUT2D eigenvalue weighted by molar-refractivity contribution is 7.99. The molecule has 1 N–H and O–H groups in total. The average Bonchev–Trinajstić information content (AvgIpc) is 3.38. The van der Waals surface area contributed by atoms with E-state index in [2.05, 4.69) is 33.9 Å². The molecule has 1 aromatic heterocycles. The summed E-state index contributed by atoms with van der Waals surface area (Å²) in [5, 5.41) is 13.2. The van der Waals surface area contributed by atoms with Crippen molar-refractivity contribution in [1.82, 2.24) is 20.1 Å². The molecule has 1 aliphatic rings. The molecule has 134 valence electrons. The van der Waals surface area contributed by atoms with Gasteiger partial charge in [0.05, 0.1) is 11.8 Å². The number of hydrogen-bond acceptors (Lipinski definition) is 4. The van der Waals surface area contributed by atoms with Crippen LogP contribution < -0.4 is 5.32 Å². The van der Waals surface area contributed by atoms with Gasteiger partial charge < -0.3 is 9.88 Å². The topological polar surface area (TPSA) is 59.8 Å². The number of halogens is 1. The Morgan fingerprint density at radius 2 is 2.04 bits per heavy atom. The van der Waals surface area contributed by atoms with Gasteiger partial charge in [-0.1, -0.05) is 42.4 Å². The second-order valence-corrected chi connectivity index (χ2v) is 7.61. The van der Waals surface area contributed by atoms with E-state index in [1.807, 2.05) is 24.3 Å². The molecule has 0 spiro atoms. The van der Waals surface area contributed by atoms with E-state index in [4.69, 9.17) is 11.6 Å². The molecule has 0 radical (unpaired) electrons. The minimum atomic E-state index is -0.00330. The van der Waals surface area contributed by atoms with Crippen LogP contribution in [0.15, 0.2) is 29.4 Å². The van der Waals surface area contributed by atoms with E-state index in [-0.39, 0.29) is 11.9 Å². The number of rotatable bonds is 8. The predicted molar refractivity (Wildman–Crippen MR) is 101 cm³/mol. The normalized spacial score (nSPS) is 15.2. The van der Waals surface area contributed by atoms with E-state index < -0.39 is 0 Å². The SMILES string of the molecule is CCC(NC(=O)CSc1nnc(C2CC2)n1CC)c1ccc(Cl)cc1. The lowest BCUT2D eigenvalue weighted by Gasteiger charge is -2.17. The Bertz CT molecular complexity index is 727. The van der Waals surface area contributed by atoms with Crippen molar-refractivity contribution in [3.05, 3.63) is 40.7 Å². The second kappa shape index (κ2) is 8.23. The fourth-order valence-corrected chi connectivity index (χ4v) is 3.78. The maximum absolute atomic E-state index is 12.4. The molecule has 1 atom stereocenters. The third-order valence-electron chi connectivity index (χ3n) is 4.35. The van der Waals surface area contributed by atoms with Gasteiger partial charge in [0.25, 0.3) is 0 Å². The van der Waals surface area contributed by atoms with Crippen LogP contribution in [0.2, 0.25) is 5.02 Å². The number of carbonyl (C=O) groups is 1. The van der Waals surface area contributed by atoms with Gasteiger partial charge in [0.15, 0.2) is 5.16 Å². The van der Waals surface area contributed by atoms with Gasteiger partial charge in [0.2, 0.25) is 5.91 Å². The molecule has 0 bridgehead atoms. The van der Waals surface area contributed by atoms with Crippen molar-refractivity contribution in [3.63, 3.8) is 0 Å². The van der Waals surface area contributed by atoms with Crippen LogP contribution in [0.4, 0.5) is 0 Å². The van der Waals surface area contributed by atoms with E-state index in [0.717, 1.165) is 29.5 Å². The second-order valence-electron chi connectivity index (χ2n) is 6.23. The number of nitrogens with one attached hydrogen (secondary N) is 1.